The Morgan fingerprint density at radius 1 is 1.60 bits per heavy atom. The van der Waals surface area contributed by atoms with Gasteiger partial charge in [-0.25, -0.2) is 4.98 Å². The van der Waals surface area contributed by atoms with Gasteiger partial charge in [-0.1, -0.05) is 20.8 Å². The molecule has 1 aromatic rings. The lowest BCUT2D eigenvalue weighted by atomic mass is 10.2. The number of nitrogens with zero attached hydrogens (tertiary/aromatic N) is 3. The number of hydrogen-bond acceptors (Lipinski definition) is 3. The van der Waals surface area contributed by atoms with Crippen molar-refractivity contribution in [3.05, 3.63) is 18.2 Å². The van der Waals surface area contributed by atoms with Crippen LogP contribution in [0.3, 0.4) is 0 Å². The SMILES string of the molecule is CCNC(C#N)Cn1ccnc1C(C)C. The Hall–Kier alpha value is -1.34. The first-order valence-corrected chi connectivity index (χ1v) is 5.33. The minimum atomic E-state index is -0.137. The van der Waals surface area contributed by atoms with Crippen LogP contribution in [0.4, 0.5) is 0 Å². The summed E-state index contributed by atoms with van der Waals surface area (Å²) in [6.07, 6.45) is 3.72. The van der Waals surface area contributed by atoms with Gasteiger partial charge in [0.05, 0.1) is 12.6 Å². The number of rotatable bonds is 5. The molecule has 1 N–H and O–H groups in total. The van der Waals surface area contributed by atoms with Crippen LogP contribution in [0.2, 0.25) is 0 Å². The zero-order chi connectivity index (χ0) is 11.3. The normalized spacial score (nSPS) is 12.7. The van der Waals surface area contributed by atoms with Crippen LogP contribution in [0.1, 0.15) is 32.5 Å². The van der Waals surface area contributed by atoms with Gasteiger partial charge in [-0.3, -0.25) is 0 Å². The molecule has 1 rings (SSSR count). The zero-order valence-corrected chi connectivity index (χ0v) is 9.57. The summed E-state index contributed by atoms with van der Waals surface area (Å²) in [7, 11) is 0. The first kappa shape index (κ1) is 11.7. The Balaban J connectivity index is 2.71. The number of nitrogens with one attached hydrogen (secondary N) is 1. The average Bonchev–Trinajstić information content (AvgIpc) is 2.65. The summed E-state index contributed by atoms with van der Waals surface area (Å²) in [4.78, 5) is 4.29. The topological polar surface area (TPSA) is 53.6 Å². The third kappa shape index (κ3) is 3.07. The van der Waals surface area contributed by atoms with Crippen LogP contribution in [0.5, 0.6) is 0 Å². The molecule has 1 unspecified atom stereocenters. The van der Waals surface area contributed by atoms with Crippen molar-refractivity contribution >= 4 is 0 Å². The molecule has 0 aliphatic carbocycles. The van der Waals surface area contributed by atoms with E-state index in [0.29, 0.717) is 12.5 Å². The van der Waals surface area contributed by atoms with E-state index in [1.165, 1.54) is 0 Å². The van der Waals surface area contributed by atoms with Crippen LogP contribution in [0.15, 0.2) is 12.4 Å². The number of hydrogen-bond donors (Lipinski definition) is 1. The van der Waals surface area contributed by atoms with Gasteiger partial charge in [0.1, 0.15) is 11.9 Å². The minimum absolute atomic E-state index is 0.137. The van der Waals surface area contributed by atoms with Crippen molar-refractivity contribution in [3.8, 4) is 6.07 Å². The zero-order valence-electron chi connectivity index (χ0n) is 9.57. The smallest absolute Gasteiger partial charge is 0.113 e. The number of imidazole rings is 1. The lowest BCUT2D eigenvalue weighted by Crippen LogP contribution is -2.32. The van der Waals surface area contributed by atoms with E-state index >= 15 is 0 Å². The van der Waals surface area contributed by atoms with Crippen molar-refractivity contribution in [2.24, 2.45) is 0 Å². The van der Waals surface area contributed by atoms with Gasteiger partial charge >= 0.3 is 0 Å². The largest absolute Gasteiger partial charge is 0.332 e. The van der Waals surface area contributed by atoms with Gasteiger partial charge in [0.25, 0.3) is 0 Å². The van der Waals surface area contributed by atoms with Crippen LogP contribution in [0.25, 0.3) is 0 Å². The maximum absolute atomic E-state index is 8.94. The maximum atomic E-state index is 8.94. The molecule has 0 aromatic carbocycles. The molecule has 1 atom stereocenters. The Kier molecular flexibility index (Phi) is 4.32. The molecule has 1 aromatic heterocycles. The molecule has 15 heavy (non-hydrogen) atoms. The third-order valence-corrected chi connectivity index (χ3v) is 2.25. The van der Waals surface area contributed by atoms with Gasteiger partial charge in [-0.05, 0) is 6.54 Å². The predicted molar refractivity (Wildman–Crippen MR) is 59.4 cm³/mol. The molecule has 0 amide bonds. The second-order valence-electron chi connectivity index (χ2n) is 3.83. The molecule has 0 aliphatic heterocycles. The van der Waals surface area contributed by atoms with Crippen molar-refractivity contribution in [1.82, 2.24) is 14.9 Å². The van der Waals surface area contributed by atoms with Gasteiger partial charge in [-0.15, -0.1) is 0 Å². The monoisotopic (exact) mass is 206 g/mol. The molecule has 0 bridgehead atoms. The fraction of sp³-hybridized carbons (Fsp3) is 0.636. The first-order chi connectivity index (χ1) is 7.19. The second-order valence-corrected chi connectivity index (χ2v) is 3.83. The van der Waals surface area contributed by atoms with Gasteiger partial charge in [-0.2, -0.15) is 5.26 Å². The maximum Gasteiger partial charge on any atom is 0.113 e. The van der Waals surface area contributed by atoms with E-state index in [-0.39, 0.29) is 6.04 Å². The van der Waals surface area contributed by atoms with Crippen LogP contribution in [-0.2, 0) is 6.54 Å². The molecule has 0 radical (unpaired) electrons. The van der Waals surface area contributed by atoms with Gasteiger partial charge in [0.2, 0.25) is 0 Å². The van der Waals surface area contributed by atoms with Crippen molar-refractivity contribution in [1.29, 1.82) is 5.26 Å². The van der Waals surface area contributed by atoms with Crippen molar-refractivity contribution in [2.75, 3.05) is 6.54 Å². The lowest BCUT2D eigenvalue weighted by Gasteiger charge is -2.14. The standard InChI is InChI=1S/C11H18N4/c1-4-13-10(7-12)8-15-6-5-14-11(15)9(2)3/h5-6,9-10,13H,4,8H2,1-3H3. The minimum Gasteiger partial charge on any atom is -0.332 e. The van der Waals surface area contributed by atoms with Gasteiger partial charge in [0, 0.05) is 18.3 Å². The second kappa shape index (κ2) is 5.52. The van der Waals surface area contributed by atoms with E-state index < -0.39 is 0 Å². The molecule has 4 heteroatoms. The Bertz CT molecular complexity index is 335. The van der Waals surface area contributed by atoms with Crippen LogP contribution < -0.4 is 5.32 Å². The Labute approximate surface area is 90.9 Å². The van der Waals surface area contributed by atoms with Crippen molar-refractivity contribution in [3.63, 3.8) is 0 Å². The van der Waals surface area contributed by atoms with E-state index in [2.05, 4.69) is 30.2 Å². The van der Waals surface area contributed by atoms with Crippen molar-refractivity contribution < 1.29 is 0 Å². The highest BCUT2D eigenvalue weighted by atomic mass is 15.1. The molecule has 0 aliphatic rings. The van der Waals surface area contributed by atoms with Crippen LogP contribution in [-0.4, -0.2) is 22.1 Å². The summed E-state index contributed by atoms with van der Waals surface area (Å²) in [5, 5.41) is 12.1. The first-order valence-electron chi connectivity index (χ1n) is 5.33. The molecule has 4 nitrogen and oxygen atoms in total. The van der Waals surface area contributed by atoms with E-state index in [4.69, 9.17) is 5.26 Å². The molecular formula is C11H18N4. The molecule has 0 saturated heterocycles. The average molecular weight is 206 g/mol. The fourth-order valence-electron chi connectivity index (χ4n) is 1.57. The highest BCUT2D eigenvalue weighted by Gasteiger charge is 2.11. The van der Waals surface area contributed by atoms with Gasteiger partial charge < -0.3 is 9.88 Å². The summed E-state index contributed by atoms with van der Waals surface area (Å²) in [5.41, 5.74) is 0. The van der Waals surface area contributed by atoms with Crippen LogP contribution >= 0.6 is 0 Å². The van der Waals surface area contributed by atoms with Gasteiger partial charge in [0.15, 0.2) is 0 Å². The fourth-order valence-corrected chi connectivity index (χ4v) is 1.57. The van der Waals surface area contributed by atoms with E-state index in [1.54, 1.807) is 6.20 Å². The number of aromatic nitrogens is 2. The molecule has 0 saturated carbocycles. The third-order valence-electron chi connectivity index (χ3n) is 2.25. The highest BCUT2D eigenvalue weighted by Crippen LogP contribution is 2.11. The summed E-state index contributed by atoms with van der Waals surface area (Å²) in [6.45, 7) is 7.68. The molecule has 1 heterocycles. The summed E-state index contributed by atoms with van der Waals surface area (Å²) in [5.74, 6) is 1.43. The van der Waals surface area contributed by atoms with Crippen molar-refractivity contribution in [2.45, 2.75) is 39.3 Å². The summed E-state index contributed by atoms with van der Waals surface area (Å²) < 4.78 is 2.04. The van der Waals surface area contributed by atoms with E-state index in [1.807, 2.05) is 17.7 Å². The quantitative estimate of drug-likeness (QED) is 0.794. The molecular weight excluding hydrogens is 188 g/mol. The molecule has 82 valence electrons. The molecule has 0 spiro atoms. The Morgan fingerprint density at radius 2 is 2.33 bits per heavy atom. The number of nitriles is 1. The summed E-state index contributed by atoms with van der Waals surface area (Å²) >= 11 is 0. The number of likely N-dealkylation sites (N-methyl/N-ethyl adjacent to an activating group) is 1. The van der Waals surface area contributed by atoms with E-state index in [9.17, 15) is 0 Å². The Morgan fingerprint density at radius 3 is 2.87 bits per heavy atom. The summed E-state index contributed by atoms with van der Waals surface area (Å²) in [6, 6.07) is 2.11. The highest BCUT2D eigenvalue weighted by molar-refractivity contribution is 5.00. The lowest BCUT2D eigenvalue weighted by molar-refractivity contribution is 0.514. The van der Waals surface area contributed by atoms with Crippen LogP contribution in [0, 0.1) is 11.3 Å². The molecule has 0 fully saturated rings. The predicted octanol–water partition coefficient (Wildman–Crippen LogP) is 1.51. The van der Waals surface area contributed by atoms with E-state index in [0.717, 1.165) is 12.4 Å².